The van der Waals surface area contributed by atoms with Gasteiger partial charge in [0.2, 0.25) is 0 Å². The molecule has 1 aromatic heterocycles. The first-order valence-corrected chi connectivity index (χ1v) is 3.18. The molecule has 1 heterocycles. The fraction of sp³-hybridized carbons (Fsp3) is 0. The number of aromatic nitrogens is 1. The van der Waals surface area contributed by atoms with Gasteiger partial charge in [-0.15, -0.1) is 5.73 Å². The van der Waals surface area contributed by atoms with E-state index in [0.29, 0.717) is 5.15 Å². The highest BCUT2D eigenvalue weighted by Gasteiger charge is 1.86. The Labute approximate surface area is 64.7 Å². The van der Waals surface area contributed by atoms with Crippen molar-refractivity contribution in [3.8, 4) is 0 Å². The highest BCUT2D eigenvalue weighted by molar-refractivity contribution is 6.29. The lowest BCUT2D eigenvalue weighted by atomic mass is 10.3. The Hall–Kier alpha value is -1.04. The largest absolute Gasteiger partial charge is 0.244 e. The summed E-state index contributed by atoms with van der Waals surface area (Å²) < 4.78 is 0. The van der Waals surface area contributed by atoms with Crippen molar-refractivity contribution in [3.63, 3.8) is 0 Å². The summed E-state index contributed by atoms with van der Waals surface area (Å²) in [6.07, 6.45) is 3.41. The van der Waals surface area contributed by atoms with Gasteiger partial charge in [0.05, 0.1) is 0 Å². The van der Waals surface area contributed by atoms with E-state index in [2.05, 4.69) is 17.3 Å². The van der Waals surface area contributed by atoms with Crippen LogP contribution < -0.4 is 0 Å². The molecule has 0 bridgehead atoms. The molecule has 0 saturated heterocycles. The quantitative estimate of drug-likeness (QED) is 0.444. The summed E-state index contributed by atoms with van der Waals surface area (Å²) in [5.74, 6) is 0. The number of halogens is 1. The van der Waals surface area contributed by atoms with Crippen molar-refractivity contribution in [3.05, 3.63) is 41.4 Å². The molecule has 0 saturated carbocycles. The van der Waals surface area contributed by atoms with Crippen LogP contribution in [-0.4, -0.2) is 4.98 Å². The number of nitrogens with zero attached hydrogens (tertiary/aromatic N) is 1. The van der Waals surface area contributed by atoms with Crippen molar-refractivity contribution in [2.75, 3.05) is 0 Å². The highest BCUT2D eigenvalue weighted by atomic mass is 35.5. The minimum atomic E-state index is 0.501. The van der Waals surface area contributed by atoms with Crippen LogP contribution in [0.1, 0.15) is 5.56 Å². The molecule has 1 rings (SSSR count). The number of rotatable bonds is 1. The molecule has 50 valence electrons. The zero-order valence-corrected chi connectivity index (χ0v) is 6.10. The fourth-order valence-corrected chi connectivity index (χ4v) is 0.702. The van der Waals surface area contributed by atoms with Crippen LogP contribution in [0.5, 0.6) is 0 Å². The Balaban J connectivity index is 3.00. The first kappa shape index (κ1) is 7.07. The monoisotopic (exact) mass is 151 g/mol. The lowest BCUT2D eigenvalue weighted by Crippen LogP contribution is -1.74. The summed E-state index contributed by atoms with van der Waals surface area (Å²) in [4.78, 5) is 3.86. The molecule has 0 amide bonds. The molecule has 0 spiro atoms. The number of hydrogen-bond donors (Lipinski definition) is 0. The zero-order chi connectivity index (χ0) is 7.40. The normalized spacial score (nSPS) is 8.50. The molecule has 2 heteroatoms. The van der Waals surface area contributed by atoms with Crippen LogP contribution >= 0.6 is 11.6 Å². The van der Waals surface area contributed by atoms with Gasteiger partial charge in [0.25, 0.3) is 0 Å². The summed E-state index contributed by atoms with van der Waals surface area (Å²) in [7, 11) is 0. The van der Waals surface area contributed by atoms with E-state index in [4.69, 9.17) is 11.6 Å². The molecule has 0 fully saturated rings. The third-order valence-corrected chi connectivity index (χ3v) is 1.24. The number of pyridine rings is 1. The summed E-state index contributed by atoms with van der Waals surface area (Å²) in [6, 6.07) is 3.58. The second-order valence-corrected chi connectivity index (χ2v) is 2.15. The Morgan fingerprint density at radius 1 is 1.60 bits per heavy atom. The van der Waals surface area contributed by atoms with Crippen molar-refractivity contribution in [1.29, 1.82) is 0 Å². The third kappa shape index (κ3) is 1.73. The predicted octanol–water partition coefficient (Wildman–Crippen LogP) is 2.53. The topological polar surface area (TPSA) is 12.9 Å². The third-order valence-electron chi connectivity index (χ3n) is 1.02. The van der Waals surface area contributed by atoms with E-state index in [9.17, 15) is 0 Å². The van der Waals surface area contributed by atoms with E-state index in [0.717, 1.165) is 5.56 Å². The summed E-state index contributed by atoms with van der Waals surface area (Å²) in [6.45, 7) is 3.44. The van der Waals surface area contributed by atoms with E-state index >= 15 is 0 Å². The van der Waals surface area contributed by atoms with Crippen LogP contribution in [0.2, 0.25) is 5.15 Å². The van der Waals surface area contributed by atoms with Gasteiger partial charge in [-0.3, -0.25) is 0 Å². The lowest BCUT2D eigenvalue weighted by Gasteiger charge is -1.88. The van der Waals surface area contributed by atoms with Gasteiger partial charge in [-0.25, -0.2) is 4.98 Å². The average molecular weight is 152 g/mol. The van der Waals surface area contributed by atoms with E-state index < -0.39 is 0 Å². The molecule has 1 aromatic rings. The van der Waals surface area contributed by atoms with Gasteiger partial charge in [-0.2, -0.15) is 0 Å². The molecule has 0 unspecified atom stereocenters. The maximum atomic E-state index is 5.55. The highest BCUT2D eigenvalue weighted by Crippen LogP contribution is 2.05. The Morgan fingerprint density at radius 3 is 2.90 bits per heavy atom. The van der Waals surface area contributed by atoms with E-state index in [1.54, 1.807) is 18.3 Å². The molecule has 0 aliphatic carbocycles. The van der Waals surface area contributed by atoms with Crippen molar-refractivity contribution in [2.45, 2.75) is 0 Å². The van der Waals surface area contributed by atoms with Crippen molar-refractivity contribution in [1.82, 2.24) is 4.98 Å². The van der Waals surface area contributed by atoms with Crippen molar-refractivity contribution < 1.29 is 0 Å². The second-order valence-electron chi connectivity index (χ2n) is 1.76. The van der Waals surface area contributed by atoms with E-state index in [-0.39, 0.29) is 0 Å². The van der Waals surface area contributed by atoms with Crippen LogP contribution in [0.25, 0.3) is 6.08 Å². The number of hydrogen-bond acceptors (Lipinski definition) is 1. The lowest BCUT2D eigenvalue weighted by molar-refractivity contribution is 1.32. The first-order chi connectivity index (χ1) is 4.83. The minimum Gasteiger partial charge on any atom is -0.244 e. The first-order valence-electron chi connectivity index (χ1n) is 2.80. The Bertz CT molecular complexity index is 257. The van der Waals surface area contributed by atoms with E-state index in [1.807, 2.05) is 6.07 Å². The van der Waals surface area contributed by atoms with Gasteiger partial charge in [0.15, 0.2) is 0 Å². The van der Waals surface area contributed by atoms with Crippen molar-refractivity contribution >= 4 is 17.7 Å². The second kappa shape index (κ2) is 3.21. The summed E-state index contributed by atoms with van der Waals surface area (Å²) in [5, 5.41) is 0.501. The molecule has 0 aromatic carbocycles. The van der Waals surface area contributed by atoms with Gasteiger partial charge in [0.1, 0.15) is 5.15 Å². The fourth-order valence-electron chi connectivity index (χ4n) is 0.590. The molecular weight excluding hydrogens is 146 g/mol. The molecule has 0 aliphatic rings. The molecule has 0 radical (unpaired) electrons. The van der Waals surface area contributed by atoms with Gasteiger partial charge in [-0.05, 0) is 18.2 Å². The van der Waals surface area contributed by atoms with Gasteiger partial charge in [-0.1, -0.05) is 18.2 Å². The Kier molecular flexibility index (Phi) is 2.27. The SMILES string of the molecule is C=C=Cc1ccc(Cl)nc1. The average Bonchev–Trinajstić information content (AvgIpc) is 1.95. The molecule has 0 atom stereocenters. The maximum Gasteiger partial charge on any atom is 0.129 e. The van der Waals surface area contributed by atoms with E-state index in [1.165, 1.54) is 0 Å². The molecule has 0 N–H and O–H groups in total. The van der Waals surface area contributed by atoms with Gasteiger partial charge >= 0.3 is 0 Å². The molecular formula is C8H6ClN. The molecule has 0 aliphatic heterocycles. The van der Waals surface area contributed by atoms with Crippen LogP contribution in [0.4, 0.5) is 0 Å². The predicted molar refractivity (Wildman–Crippen MR) is 42.9 cm³/mol. The zero-order valence-electron chi connectivity index (χ0n) is 5.34. The van der Waals surface area contributed by atoms with Crippen LogP contribution in [-0.2, 0) is 0 Å². The van der Waals surface area contributed by atoms with Crippen LogP contribution in [0.15, 0.2) is 30.6 Å². The minimum absolute atomic E-state index is 0.501. The standard InChI is InChI=1S/C8H6ClN/c1-2-3-7-4-5-8(9)10-6-7/h3-6H,1H2. The molecule has 1 nitrogen and oxygen atoms in total. The van der Waals surface area contributed by atoms with Gasteiger partial charge in [0, 0.05) is 11.8 Å². The van der Waals surface area contributed by atoms with Crippen LogP contribution in [0, 0.1) is 0 Å². The van der Waals surface area contributed by atoms with Crippen molar-refractivity contribution in [2.24, 2.45) is 0 Å². The van der Waals surface area contributed by atoms with Gasteiger partial charge < -0.3 is 0 Å². The smallest absolute Gasteiger partial charge is 0.129 e. The summed E-state index contributed by atoms with van der Waals surface area (Å²) in [5.41, 5.74) is 3.60. The Morgan fingerprint density at radius 2 is 2.40 bits per heavy atom. The summed E-state index contributed by atoms with van der Waals surface area (Å²) >= 11 is 5.55. The molecule has 10 heavy (non-hydrogen) atoms. The maximum absolute atomic E-state index is 5.55. The van der Waals surface area contributed by atoms with Crippen LogP contribution in [0.3, 0.4) is 0 Å².